The summed E-state index contributed by atoms with van der Waals surface area (Å²) in [6.45, 7) is 0. The molecule has 10 heteroatoms. The third-order valence-electron chi connectivity index (χ3n) is 4.26. The first kappa shape index (κ1) is 23.0. The number of ether oxygens (including phenoxy) is 2. The SMILES string of the molecule is COc1ccc(C(=O)Nc2ccc(Oc3cc(C(F)(F)F)cc(C(F)(F)F)c3)cc2)cc1. The topological polar surface area (TPSA) is 47.6 Å². The minimum absolute atomic E-state index is 0.0140. The summed E-state index contributed by atoms with van der Waals surface area (Å²) in [5.41, 5.74) is -2.26. The monoisotopic (exact) mass is 455 g/mol. The van der Waals surface area contributed by atoms with Crippen LogP contribution in [0.1, 0.15) is 21.5 Å². The molecule has 1 N–H and O–H groups in total. The quantitative estimate of drug-likeness (QED) is 0.432. The smallest absolute Gasteiger partial charge is 0.416 e. The summed E-state index contributed by atoms with van der Waals surface area (Å²) >= 11 is 0. The largest absolute Gasteiger partial charge is 0.497 e. The van der Waals surface area contributed by atoms with Crippen LogP contribution in [0.5, 0.6) is 17.2 Å². The summed E-state index contributed by atoms with van der Waals surface area (Å²) in [4.78, 5) is 12.3. The Morgan fingerprint density at radius 1 is 0.719 bits per heavy atom. The highest BCUT2D eigenvalue weighted by atomic mass is 19.4. The molecule has 0 aliphatic heterocycles. The molecule has 0 fully saturated rings. The van der Waals surface area contributed by atoms with E-state index in [0.717, 1.165) is 0 Å². The van der Waals surface area contributed by atoms with Gasteiger partial charge in [0.25, 0.3) is 5.91 Å². The Bertz CT molecular complexity index is 1060. The molecule has 0 aliphatic rings. The van der Waals surface area contributed by atoms with Crippen molar-refractivity contribution in [3.8, 4) is 17.2 Å². The van der Waals surface area contributed by atoms with Crippen LogP contribution in [0.4, 0.5) is 32.0 Å². The maximum absolute atomic E-state index is 13.0. The third-order valence-corrected chi connectivity index (χ3v) is 4.26. The summed E-state index contributed by atoms with van der Waals surface area (Å²) in [5.74, 6) is -0.484. The molecule has 3 rings (SSSR count). The van der Waals surface area contributed by atoms with E-state index in [1.165, 1.54) is 31.4 Å². The molecular weight excluding hydrogens is 440 g/mol. The van der Waals surface area contributed by atoms with Crippen LogP contribution < -0.4 is 14.8 Å². The normalized spacial score (nSPS) is 11.7. The van der Waals surface area contributed by atoms with Crippen LogP contribution in [-0.4, -0.2) is 13.0 Å². The maximum atomic E-state index is 13.0. The van der Waals surface area contributed by atoms with Crippen LogP contribution in [0.25, 0.3) is 0 Å². The Kier molecular flexibility index (Phi) is 6.33. The predicted molar refractivity (Wildman–Crippen MR) is 104 cm³/mol. The van der Waals surface area contributed by atoms with Crippen molar-refractivity contribution in [1.82, 2.24) is 0 Å². The standard InChI is InChI=1S/C22H15F6NO3/c1-31-17-6-2-13(3-7-17)20(30)29-16-4-8-18(9-5-16)32-19-11-14(21(23,24)25)10-15(12-19)22(26,27)28/h2-12H,1H3,(H,29,30). The van der Waals surface area contributed by atoms with E-state index in [0.29, 0.717) is 29.1 Å². The summed E-state index contributed by atoms with van der Waals surface area (Å²) in [5, 5.41) is 2.61. The summed E-state index contributed by atoms with van der Waals surface area (Å²) in [6.07, 6.45) is -9.95. The Labute approximate surface area is 178 Å². The fraction of sp³-hybridized carbons (Fsp3) is 0.136. The average Bonchev–Trinajstić information content (AvgIpc) is 2.73. The zero-order valence-electron chi connectivity index (χ0n) is 16.3. The Hall–Kier alpha value is -3.69. The van der Waals surface area contributed by atoms with Crippen LogP contribution in [0.3, 0.4) is 0 Å². The van der Waals surface area contributed by atoms with Gasteiger partial charge in [-0.3, -0.25) is 4.79 Å². The lowest BCUT2D eigenvalue weighted by molar-refractivity contribution is -0.143. The van der Waals surface area contributed by atoms with Crippen LogP contribution in [-0.2, 0) is 12.4 Å². The van der Waals surface area contributed by atoms with Crippen molar-refractivity contribution in [2.75, 3.05) is 12.4 Å². The van der Waals surface area contributed by atoms with Gasteiger partial charge in [0.2, 0.25) is 0 Å². The molecule has 0 radical (unpaired) electrons. The number of carbonyl (C=O) groups is 1. The van der Waals surface area contributed by atoms with Crippen LogP contribution in [0, 0.1) is 0 Å². The average molecular weight is 455 g/mol. The molecule has 0 saturated heterocycles. The lowest BCUT2D eigenvalue weighted by atomic mass is 10.1. The van der Waals surface area contributed by atoms with Crippen molar-refractivity contribution in [3.63, 3.8) is 0 Å². The summed E-state index contributed by atoms with van der Waals surface area (Å²) in [6, 6.07) is 12.7. The van der Waals surface area contributed by atoms with Gasteiger partial charge in [-0.25, -0.2) is 0 Å². The summed E-state index contributed by atoms with van der Waals surface area (Å²) in [7, 11) is 1.49. The number of alkyl halides is 6. The minimum atomic E-state index is -4.98. The van der Waals surface area contributed by atoms with Crippen LogP contribution in [0.2, 0.25) is 0 Å². The van der Waals surface area contributed by atoms with E-state index >= 15 is 0 Å². The van der Waals surface area contributed by atoms with Crippen molar-refractivity contribution in [2.24, 2.45) is 0 Å². The van der Waals surface area contributed by atoms with Gasteiger partial charge in [0.05, 0.1) is 18.2 Å². The second-order valence-electron chi connectivity index (χ2n) is 6.55. The van der Waals surface area contributed by atoms with Gasteiger partial charge >= 0.3 is 12.4 Å². The van der Waals surface area contributed by atoms with Crippen molar-refractivity contribution in [1.29, 1.82) is 0 Å². The molecule has 0 aliphatic carbocycles. The summed E-state index contributed by atoms with van der Waals surface area (Å²) < 4.78 is 88.0. The van der Waals surface area contributed by atoms with Gasteiger partial charge in [-0.1, -0.05) is 0 Å². The first-order valence-electron chi connectivity index (χ1n) is 8.98. The number of nitrogens with one attached hydrogen (secondary N) is 1. The molecule has 0 spiro atoms. The Balaban J connectivity index is 1.76. The van der Waals surface area contributed by atoms with Gasteiger partial charge in [-0.15, -0.1) is 0 Å². The number of halogens is 6. The number of hydrogen-bond donors (Lipinski definition) is 1. The zero-order chi connectivity index (χ0) is 23.5. The minimum Gasteiger partial charge on any atom is -0.497 e. The van der Waals surface area contributed by atoms with E-state index in [-0.39, 0.29) is 11.8 Å². The van der Waals surface area contributed by atoms with Crippen LogP contribution >= 0.6 is 0 Å². The molecule has 0 heterocycles. The van der Waals surface area contributed by atoms with E-state index in [1.54, 1.807) is 24.3 Å². The molecular formula is C22H15F6NO3. The van der Waals surface area contributed by atoms with Crippen molar-refractivity contribution in [2.45, 2.75) is 12.4 Å². The molecule has 0 aromatic heterocycles. The highest BCUT2D eigenvalue weighted by Gasteiger charge is 2.37. The van der Waals surface area contributed by atoms with E-state index in [2.05, 4.69) is 5.32 Å². The molecule has 0 bridgehead atoms. The number of anilines is 1. The van der Waals surface area contributed by atoms with E-state index in [9.17, 15) is 31.1 Å². The van der Waals surface area contributed by atoms with Gasteiger partial charge < -0.3 is 14.8 Å². The molecule has 1 amide bonds. The molecule has 0 atom stereocenters. The number of rotatable bonds is 5. The molecule has 32 heavy (non-hydrogen) atoms. The predicted octanol–water partition coefficient (Wildman–Crippen LogP) is 6.78. The lowest BCUT2D eigenvalue weighted by Gasteiger charge is -2.15. The number of carbonyl (C=O) groups excluding carboxylic acids is 1. The zero-order valence-corrected chi connectivity index (χ0v) is 16.3. The second kappa shape index (κ2) is 8.81. The molecule has 168 valence electrons. The Morgan fingerprint density at radius 3 is 1.69 bits per heavy atom. The van der Waals surface area contributed by atoms with Crippen molar-refractivity contribution >= 4 is 11.6 Å². The van der Waals surface area contributed by atoms with E-state index < -0.39 is 35.1 Å². The molecule has 4 nitrogen and oxygen atoms in total. The van der Waals surface area contributed by atoms with Gasteiger partial charge in [0.15, 0.2) is 0 Å². The molecule has 3 aromatic rings. The highest BCUT2D eigenvalue weighted by molar-refractivity contribution is 6.04. The molecule has 3 aromatic carbocycles. The number of methoxy groups -OCH3 is 1. The first-order chi connectivity index (χ1) is 15.0. The number of hydrogen-bond acceptors (Lipinski definition) is 3. The fourth-order valence-electron chi connectivity index (χ4n) is 2.67. The van der Waals surface area contributed by atoms with Crippen molar-refractivity contribution < 1.29 is 40.6 Å². The van der Waals surface area contributed by atoms with Gasteiger partial charge in [-0.2, -0.15) is 26.3 Å². The van der Waals surface area contributed by atoms with Crippen LogP contribution in [0.15, 0.2) is 66.7 Å². The van der Waals surface area contributed by atoms with Gasteiger partial charge in [0.1, 0.15) is 17.2 Å². The number of benzene rings is 3. The fourth-order valence-corrected chi connectivity index (χ4v) is 2.67. The second-order valence-corrected chi connectivity index (χ2v) is 6.55. The lowest BCUT2D eigenvalue weighted by Crippen LogP contribution is -2.11. The van der Waals surface area contributed by atoms with Crippen molar-refractivity contribution in [3.05, 3.63) is 83.4 Å². The maximum Gasteiger partial charge on any atom is 0.416 e. The van der Waals surface area contributed by atoms with E-state index in [1.807, 2.05) is 0 Å². The molecule has 0 saturated carbocycles. The number of amides is 1. The highest BCUT2D eigenvalue weighted by Crippen LogP contribution is 2.39. The third kappa shape index (κ3) is 5.71. The molecule has 0 unspecified atom stereocenters. The van der Waals surface area contributed by atoms with E-state index in [4.69, 9.17) is 9.47 Å². The van der Waals surface area contributed by atoms with Gasteiger partial charge in [0, 0.05) is 11.3 Å². The Morgan fingerprint density at radius 2 is 1.22 bits per heavy atom. The van der Waals surface area contributed by atoms with Gasteiger partial charge in [-0.05, 0) is 66.7 Å². The first-order valence-corrected chi connectivity index (χ1v) is 8.98.